The summed E-state index contributed by atoms with van der Waals surface area (Å²) in [6.45, 7) is 6.46. The van der Waals surface area contributed by atoms with Crippen LogP contribution in [0.4, 0.5) is 0 Å². The van der Waals surface area contributed by atoms with Gasteiger partial charge in [0.15, 0.2) is 0 Å². The molecule has 0 saturated carbocycles. The van der Waals surface area contributed by atoms with Gasteiger partial charge in [0.2, 0.25) is 0 Å². The smallest absolute Gasteiger partial charge is 0.127 e. The van der Waals surface area contributed by atoms with Crippen molar-refractivity contribution in [3.05, 3.63) is 23.8 Å². The quantitative estimate of drug-likeness (QED) is 0.902. The third-order valence-corrected chi connectivity index (χ3v) is 3.78. The van der Waals surface area contributed by atoms with E-state index in [9.17, 15) is 0 Å². The van der Waals surface area contributed by atoms with Gasteiger partial charge in [0, 0.05) is 18.2 Å². The summed E-state index contributed by atoms with van der Waals surface area (Å²) >= 11 is 0. The summed E-state index contributed by atoms with van der Waals surface area (Å²) in [4.78, 5) is 2.50. The van der Waals surface area contributed by atoms with Crippen molar-refractivity contribution in [1.29, 1.82) is 0 Å². The number of nitrogens with zero attached hydrogens (tertiary/aromatic N) is 1. The van der Waals surface area contributed by atoms with Crippen LogP contribution in [0.15, 0.2) is 18.2 Å². The van der Waals surface area contributed by atoms with Crippen LogP contribution in [-0.2, 0) is 0 Å². The molecular formula is C15H24N2O2. The molecule has 0 radical (unpaired) electrons. The highest BCUT2D eigenvalue weighted by Crippen LogP contribution is 2.33. The minimum Gasteiger partial charge on any atom is -0.497 e. The molecular weight excluding hydrogens is 240 g/mol. The van der Waals surface area contributed by atoms with Crippen LogP contribution in [0.5, 0.6) is 11.5 Å². The predicted octanol–water partition coefficient (Wildman–Crippen LogP) is 2.06. The first-order valence-corrected chi connectivity index (χ1v) is 6.96. The molecule has 2 rings (SSSR count). The summed E-state index contributed by atoms with van der Waals surface area (Å²) in [6, 6.07) is 6.47. The molecule has 1 aliphatic rings. The van der Waals surface area contributed by atoms with E-state index in [1.54, 1.807) is 14.2 Å². The molecule has 0 aromatic heterocycles. The molecule has 19 heavy (non-hydrogen) atoms. The Morgan fingerprint density at radius 1 is 1.32 bits per heavy atom. The molecule has 0 amide bonds. The van der Waals surface area contributed by atoms with Crippen molar-refractivity contribution in [1.82, 2.24) is 10.2 Å². The van der Waals surface area contributed by atoms with Crippen LogP contribution in [0, 0.1) is 0 Å². The Kier molecular flexibility index (Phi) is 5.05. The van der Waals surface area contributed by atoms with Gasteiger partial charge in [-0.2, -0.15) is 0 Å². The highest BCUT2D eigenvalue weighted by atomic mass is 16.5. The molecule has 1 atom stereocenters. The predicted molar refractivity (Wildman–Crippen MR) is 77.0 cm³/mol. The van der Waals surface area contributed by atoms with Gasteiger partial charge >= 0.3 is 0 Å². The van der Waals surface area contributed by atoms with Crippen LogP contribution in [0.3, 0.4) is 0 Å². The summed E-state index contributed by atoms with van der Waals surface area (Å²) in [5.41, 5.74) is 1.24. The topological polar surface area (TPSA) is 33.7 Å². The molecule has 4 nitrogen and oxygen atoms in total. The summed E-state index contributed by atoms with van der Waals surface area (Å²) in [6.07, 6.45) is 1.20. The highest BCUT2D eigenvalue weighted by molar-refractivity contribution is 5.42. The van der Waals surface area contributed by atoms with Crippen molar-refractivity contribution in [3.8, 4) is 11.5 Å². The molecule has 1 aromatic carbocycles. The van der Waals surface area contributed by atoms with E-state index in [4.69, 9.17) is 9.47 Å². The van der Waals surface area contributed by atoms with Gasteiger partial charge in [-0.15, -0.1) is 0 Å². The zero-order chi connectivity index (χ0) is 13.7. The van der Waals surface area contributed by atoms with Gasteiger partial charge in [0.05, 0.1) is 20.3 Å². The third kappa shape index (κ3) is 3.19. The van der Waals surface area contributed by atoms with Crippen molar-refractivity contribution in [2.75, 3.05) is 40.4 Å². The zero-order valence-corrected chi connectivity index (χ0v) is 12.1. The molecule has 1 N–H and O–H groups in total. The Balaban J connectivity index is 2.31. The number of methoxy groups -OCH3 is 2. The molecule has 1 heterocycles. The molecule has 1 saturated heterocycles. The monoisotopic (exact) mass is 264 g/mol. The maximum atomic E-state index is 5.54. The first-order valence-electron chi connectivity index (χ1n) is 6.96. The number of hydrogen-bond acceptors (Lipinski definition) is 4. The Labute approximate surface area is 115 Å². The van der Waals surface area contributed by atoms with E-state index < -0.39 is 0 Å². The Hall–Kier alpha value is -1.26. The Bertz CT molecular complexity index is 409. The van der Waals surface area contributed by atoms with Gasteiger partial charge in [-0.25, -0.2) is 0 Å². The third-order valence-electron chi connectivity index (χ3n) is 3.78. The molecule has 0 spiro atoms. The van der Waals surface area contributed by atoms with Crippen molar-refractivity contribution in [3.63, 3.8) is 0 Å². The number of rotatable bonds is 4. The molecule has 4 heteroatoms. The molecule has 1 unspecified atom stereocenters. The Morgan fingerprint density at radius 3 is 2.84 bits per heavy atom. The maximum absolute atomic E-state index is 5.54. The standard InChI is InChI=1S/C15H24N2O2/c1-4-17-9-5-8-16-11-14(17)13-7-6-12(18-2)10-15(13)19-3/h6-7,10,14,16H,4-5,8-9,11H2,1-3H3. The molecule has 0 aliphatic carbocycles. The fourth-order valence-corrected chi connectivity index (χ4v) is 2.71. The van der Waals surface area contributed by atoms with Crippen molar-refractivity contribution < 1.29 is 9.47 Å². The summed E-state index contributed by atoms with van der Waals surface area (Å²) < 4.78 is 10.8. The molecule has 0 bridgehead atoms. The van der Waals surface area contributed by atoms with Gasteiger partial charge in [0.25, 0.3) is 0 Å². The largest absolute Gasteiger partial charge is 0.497 e. The lowest BCUT2D eigenvalue weighted by atomic mass is 10.0. The van der Waals surface area contributed by atoms with E-state index in [0.717, 1.165) is 37.7 Å². The second-order valence-corrected chi connectivity index (χ2v) is 4.81. The van der Waals surface area contributed by atoms with Crippen LogP contribution in [0.1, 0.15) is 24.9 Å². The molecule has 1 aliphatic heterocycles. The number of hydrogen-bond donors (Lipinski definition) is 1. The van der Waals surface area contributed by atoms with Gasteiger partial charge in [-0.05, 0) is 32.1 Å². The van der Waals surface area contributed by atoms with E-state index in [2.05, 4.69) is 23.2 Å². The average molecular weight is 264 g/mol. The lowest BCUT2D eigenvalue weighted by Crippen LogP contribution is -2.32. The Morgan fingerprint density at radius 2 is 2.16 bits per heavy atom. The minimum absolute atomic E-state index is 0.369. The van der Waals surface area contributed by atoms with Crippen LogP contribution in [0.25, 0.3) is 0 Å². The number of ether oxygens (including phenoxy) is 2. The highest BCUT2D eigenvalue weighted by Gasteiger charge is 2.24. The summed E-state index contributed by atoms with van der Waals surface area (Å²) in [5, 5.41) is 3.51. The van der Waals surface area contributed by atoms with Gasteiger partial charge in [0.1, 0.15) is 11.5 Å². The van der Waals surface area contributed by atoms with Crippen LogP contribution in [-0.4, -0.2) is 45.3 Å². The number of benzene rings is 1. The van der Waals surface area contributed by atoms with E-state index in [0.29, 0.717) is 6.04 Å². The molecule has 1 aromatic rings. The fourth-order valence-electron chi connectivity index (χ4n) is 2.71. The summed E-state index contributed by atoms with van der Waals surface area (Å²) in [7, 11) is 3.40. The lowest BCUT2D eigenvalue weighted by Gasteiger charge is -2.30. The van der Waals surface area contributed by atoms with E-state index >= 15 is 0 Å². The first-order chi connectivity index (χ1) is 9.30. The van der Waals surface area contributed by atoms with E-state index in [-0.39, 0.29) is 0 Å². The van der Waals surface area contributed by atoms with Crippen molar-refractivity contribution in [2.24, 2.45) is 0 Å². The maximum Gasteiger partial charge on any atom is 0.127 e. The summed E-state index contributed by atoms with van der Waals surface area (Å²) in [5.74, 6) is 1.75. The van der Waals surface area contributed by atoms with Gasteiger partial charge in [-0.3, -0.25) is 4.90 Å². The van der Waals surface area contributed by atoms with Crippen LogP contribution >= 0.6 is 0 Å². The van der Waals surface area contributed by atoms with E-state index in [1.807, 2.05) is 12.1 Å². The van der Waals surface area contributed by atoms with Crippen LogP contribution in [0.2, 0.25) is 0 Å². The first kappa shape index (κ1) is 14.2. The SMILES string of the molecule is CCN1CCCNCC1c1ccc(OC)cc1OC. The number of nitrogens with one attached hydrogen (secondary N) is 1. The van der Waals surface area contributed by atoms with Crippen molar-refractivity contribution in [2.45, 2.75) is 19.4 Å². The number of likely N-dealkylation sites (N-methyl/N-ethyl adjacent to an activating group) is 1. The molecule has 106 valence electrons. The van der Waals surface area contributed by atoms with E-state index in [1.165, 1.54) is 12.0 Å². The zero-order valence-electron chi connectivity index (χ0n) is 12.1. The van der Waals surface area contributed by atoms with Gasteiger partial charge in [-0.1, -0.05) is 13.0 Å². The minimum atomic E-state index is 0.369. The fraction of sp³-hybridized carbons (Fsp3) is 0.600. The van der Waals surface area contributed by atoms with Crippen LogP contribution < -0.4 is 14.8 Å². The van der Waals surface area contributed by atoms with Gasteiger partial charge < -0.3 is 14.8 Å². The normalized spacial score (nSPS) is 20.9. The molecule has 1 fully saturated rings. The second-order valence-electron chi connectivity index (χ2n) is 4.81. The average Bonchev–Trinajstić information content (AvgIpc) is 2.71. The second kappa shape index (κ2) is 6.78. The van der Waals surface area contributed by atoms with Crippen molar-refractivity contribution >= 4 is 0 Å². The lowest BCUT2D eigenvalue weighted by molar-refractivity contribution is 0.217.